The van der Waals surface area contributed by atoms with Crippen LogP contribution in [0.2, 0.25) is 0 Å². The number of hydrogen-bond acceptors (Lipinski definition) is 5. The smallest absolute Gasteiger partial charge is 0.276 e. The lowest BCUT2D eigenvalue weighted by Crippen LogP contribution is -2.46. The van der Waals surface area contributed by atoms with Crippen molar-refractivity contribution in [2.45, 2.75) is 6.92 Å². The molecule has 1 aromatic heterocycles. The average molecular weight is 406 g/mol. The zero-order valence-electron chi connectivity index (χ0n) is 16.8. The number of carbonyl (C=O) groups is 2. The van der Waals surface area contributed by atoms with Gasteiger partial charge in [0.2, 0.25) is 0 Å². The average Bonchev–Trinajstić information content (AvgIpc) is 2.80. The first-order valence-corrected chi connectivity index (χ1v) is 9.92. The molecule has 1 fully saturated rings. The molecular weight excluding hydrogens is 378 g/mol. The predicted octanol–water partition coefficient (Wildman–Crippen LogP) is 3.24. The van der Waals surface area contributed by atoms with Crippen molar-refractivity contribution >= 4 is 17.5 Å². The SMILES string of the molecule is Cc1ncc(-c2ccc(C(=O)N3CCNCC3)cc2)nc1C(=O)Nc1ccccc1.[HH].[HH]. The highest BCUT2D eigenvalue weighted by Gasteiger charge is 2.18. The molecule has 156 valence electrons. The number of amides is 2. The summed E-state index contributed by atoms with van der Waals surface area (Å²) in [5, 5.41) is 6.09. The molecule has 1 aliphatic heterocycles. The van der Waals surface area contributed by atoms with Crippen LogP contribution in [0.5, 0.6) is 0 Å². The van der Waals surface area contributed by atoms with Gasteiger partial charge in [-0.3, -0.25) is 14.6 Å². The van der Waals surface area contributed by atoms with E-state index < -0.39 is 0 Å². The first-order chi connectivity index (χ1) is 14.6. The van der Waals surface area contributed by atoms with Gasteiger partial charge in [0.15, 0.2) is 0 Å². The van der Waals surface area contributed by atoms with Crippen molar-refractivity contribution in [2.75, 3.05) is 31.5 Å². The minimum atomic E-state index is -0.307. The van der Waals surface area contributed by atoms with Gasteiger partial charge in [0.05, 0.1) is 17.6 Å². The topological polar surface area (TPSA) is 87.2 Å². The van der Waals surface area contributed by atoms with Gasteiger partial charge in [-0.05, 0) is 31.2 Å². The molecule has 0 aliphatic carbocycles. The van der Waals surface area contributed by atoms with E-state index in [2.05, 4.69) is 20.6 Å². The van der Waals surface area contributed by atoms with E-state index in [1.165, 1.54) is 0 Å². The number of anilines is 1. The highest BCUT2D eigenvalue weighted by Crippen LogP contribution is 2.20. The number of aromatic nitrogens is 2. The lowest BCUT2D eigenvalue weighted by Gasteiger charge is -2.27. The molecule has 2 aromatic carbocycles. The van der Waals surface area contributed by atoms with Gasteiger partial charge >= 0.3 is 0 Å². The summed E-state index contributed by atoms with van der Waals surface area (Å²) in [6, 6.07) is 16.5. The van der Waals surface area contributed by atoms with Crippen molar-refractivity contribution in [2.24, 2.45) is 0 Å². The number of benzene rings is 2. The Bertz CT molecular complexity index is 1060. The summed E-state index contributed by atoms with van der Waals surface area (Å²) in [5.74, 6) is -0.278. The third-order valence-electron chi connectivity index (χ3n) is 5.03. The Morgan fingerprint density at radius 1 is 1.03 bits per heavy atom. The minimum absolute atomic E-state index is 0. The predicted molar refractivity (Wildman–Crippen MR) is 120 cm³/mol. The highest BCUT2D eigenvalue weighted by atomic mass is 16.2. The molecule has 7 nitrogen and oxygen atoms in total. The Morgan fingerprint density at radius 3 is 2.43 bits per heavy atom. The van der Waals surface area contributed by atoms with Crippen molar-refractivity contribution < 1.29 is 12.4 Å². The maximum Gasteiger partial charge on any atom is 0.276 e. The van der Waals surface area contributed by atoms with Crippen LogP contribution in [0.3, 0.4) is 0 Å². The van der Waals surface area contributed by atoms with Crippen LogP contribution in [0, 0.1) is 6.92 Å². The summed E-state index contributed by atoms with van der Waals surface area (Å²) in [5.41, 5.74) is 3.55. The maximum atomic E-state index is 12.7. The number of nitrogens with one attached hydrogen (secondary N) is 2. The minimum Gasteiger partial charge on any atom is -0.336 e. The molecule has 0 atom stereocenters. The lowest BCUT2D eigenvalue weighted by atomic mass is 10.1. The first-order valence-electron chi connectivity index (χ1n) is 9.92. The number of carbonyl (C=O) groups excluding carboxylic acids is 2. The molecule has 0 unspecified atom stereocenters. The third kappa shape index (κ3) is 4.36. The summed E-state index contributed by atoms with van der Waals surface area (Å²) in [4.78, 5) is 36.0. The van der Waals surface area contributed by atoms with Crippen LogP contribution in [0.25, 0.3) is 11.3 Å². The van der Waals surface area contributed by atoms with Gasteiger partial charge in [-0.1, -0.05) is 30.3 Å². The van der Waals surface area contributed by atoms with E-state index in [0.29, 0.717) is 35.7 Å². The van der Waals surface area contributed by atoms with Gasteiger partial charge in [0, 0.05) is 45.8 Å². The number of aryl methyl sites for hydroxylation is 1. The van der Waals surface area contributed by atoms with Crippen molar-refractivity contribution in [1.29, 1.82) is 0 Å². The monoisotopic (exact) mass is 405 g/mol. The fourth-order valence-electron chi connectivity index (χ4n) is 3.35. The van der Waals surface area contributed by atoms with Crippen LogP contribution in [0.15, 0.2) is 60.8 Å². The fraction of sp³-hybridized carbons (Fsp3) is 0.217. The van der Waals surface area contributed by atoms with E-state index in [4.69, 9.17) is 0 Å². The largest absolute Gasteiger partial charge is 0.336 e. The molecule has 3 aromatic rings. The van der Waals surface area contributed by atoms with E-state index in [-0.39, 0.29) is 20.4 Å². The van der Waals surface area contributed by atoms with Crippen LogP contribution in [-0.4, -0.2) is 52.9 Å². The fourth-order valence-corrected chi connectivity index (χ4v) is 3.35. The summed E-state index contributed by atoms with van der Waals surface area (Å²) in [7, 11) is 0. The van der Waals surface area contributed by atoms with E-state index >= 15 is 0 Å². The second kappa shape index (κ2) is 8.84. The molecule has 1 aliphatic rings. The number of piperazine rings is 1. The van der Waals surface area contributed by atoms with Crippen LogP contribution in [-0.2, 0) is 0 Å². The zero-order valence-corrected chi connectivity index (χ0v) is 16.8. The van der Waals surface area contributed by atoms with Gasteiger partial charge in [-0.2, -0.15) is 0 Å². The van der Waals surface area contributed by atoms with Crippen LogP contribution >= 0.6 is 0 Å². The Hall–Kier alpha value is -3.58. The number of para-hydroxylation sites is 1. The van der Waals surface area contributed by atoms with E-state index in [0.717, 1.165) is 18.7 Å². The van der Waals surface area contributed by atoms with Gasteiger partial charge in [0.1, 0.15) is 5.69 Å². The number of nitrogens with zero attached hydrogens (tertiary/aromatic N) is 3. The first kappa shape index (κ1) is 19.7. The van der Waals surface area contributed by atoms with Crippen LogP contribution in [0.1, 0.15) is 29.4 Å². The van der Waals surface area contributed by atoms with Gasteiger partial charge in [0.25, 0.3) is 11.8 Å². The molecule has 1 saturated heterocycles. The van der Waals surface area contributed by atoms with Crippen molar-refractivity contribution in [3.05, 3.63) is 77.7 Å². The lowest BCUT2D eigenvalue weighted by molar-refractivity contribution is 0.0735. The van der Waals surface area contributed by atoms with Crippen molar-refractivity contribution in [3.8, 4) is 11.3 Å². The third-order valence-corrected chi connectivity index (χ3v) is 5.03. The Morgan fingerprint density at radius 2 is 1.73 bits per heavy atom. The molecule has 2 N–H and O–H groups in total. The second-order valence-electron chi connectivity index (χ2n) is 7.13. The van der Waals surface area contributed by atoms with E-state index in [1.54, 1.807) is 25.3 Å². The number of rotatable bonds is 4. The normalized spacial score (nSPS) is 13.7. The molecule has 0 bridgehead atoms. The molecular formula is C23H27N5O2. The molecule has 30 heavy (non-hydrogen) atoms. The molecule has 2 heterocycles. The Kier molecular flexibility index (Phi) is 5.81. The Labute approximate surface area is 178 Å². The standard InChI is InChI=1S/C23H23N5O2.2H2/c1-16-21(22(29)26-19-5-3-2-4-6-19)27-20(15-25-16)17-7-9-18(10-8-17)23(30)28-13-11-24-12-14-28;;/h2-10,15,24H,11-14H2,1H3,(H,26,29);2*1H. The summed E-state index contributed by atoms with van der Waals surface area (Å²) in [6.07, 6.45) is 1.64. The van der Waals surface area contributed by atoms with Crippen molar-refractivity contribution in [1.82, 2.24) is 20.2 Å². The molecule has 0 spiro atoms. The molecule has 0 saturated carbocycles. The van der Waals surface area contributed by atoms with Crippen LogP contribution in [0.4, 0.5) is 5.69 Å². The van der Waals surface area contributed by atoms with Crippen LogP contribution < -0.4 is 10.6 Å². The van der Waals surface area contributed by atoms with E-state index in [9.17, 15) is 9.59 Å². The quantitative estimate of drug-likeness (QED) is 0.696. The van der Waals surface area contributed by atoms with Gasteiger partial charge < -0.3 is 15.5 Å². The molecule has 2 amide bonds. The van der Waals surface area contributed by atoms with Crippen molar-refractivity contribution in [3.63, 3.8) is 0 Å². The summed E-state index contributed by atoms with van der Waals surface area (Å²) < 4.78 is 0. The zero-order chi connectivity index (χ0) is 20.9. The van der Waals surface area contributed by atoms with Gasteiger partial charge in [-0.15, -0.1) is 0 Å². The summed E-state index contributed by atoms with van der Waals surface area (Å²) >= 11 is 0. The maximum absolute atomic E-state index is 12.7. The Balaban J connectivity index is 0.00000181. The number of hydrogen-bond donors (Lipinski definition) is 2. The van der Waals surface area contributed by atoms with E-state index in [1.807, 2.05) is 47.4 Å². The molecule has 7 heteroatoms. The summed E-state index contributed by atoms with van der Waals surface area (Å²) in [6.45, 7) is 4.81. The second-order valence-corrected chi connectivity index (χ2v) is 7.13. The molecule has 0 radical (unpaired) electrons. The highest BCUT2D eigenvalue weighted by molar-refractivity contribution is 6.03. The van der Waals surface area contributed by atoms with Gasteiger partial charge in [-0.25, -0.2) is 4.98 Å². The molecule has 4 rings (SSSR count).